The van der Waals surface area contributed by atoms with E-state index >= 15 is 4.79 Å². The number of ether oxygens (including phenoxy) is 4. The lowest BCUT2D eigenvalue weighted by Gasteiger charge is -2.48. The summed E-state index contributed by atoms with van der Waals surface area (Å²) in [5.41, 5.74) is -4.69. The normalized spacial score (nSPS) is 30.5. The number of rotatable bonds is 18. The molecule has 0 aromatic carbocycles. The summed E-state index contributed by atoms with van der Waals surface area (Å²) in [4.78, 5) is 88.2. The van der Waals surface area contributed by atoms with Gasteiger partial charge in [0.2, 0.25) is 0 Å². The van der Waals surface area contributed by atoms with Crippen LogP contribution in [0.3, 0.4) is 0 Å². The molecule has 5 fully saturated rings. The fourth-order valence-electron chi connectivity index (χ4n) is 12.8. The van der Waals surface area contributed by atoms with Crippen molar-refractivity contribution in [3.05, 3.63) is 31.5 Å². The first kappa shape index (κ1) is 50.5. The van der Waals surface area contributed by atoms with E-state index in [0.29, 0.717) is 84.1 Å². The van der Waals surface area contributed by atoms with E-state index in [2.05, 4.69) is 81.1 Å². The van der Waals surface area contributed by atoms with Gasteiger partial charge in [0.05, 0.1) is 6.61 Å². The van der Waals surface area contributed by atoms with Gasteiger partial charge in [-0.2, -0.15) is 0 Å². The molecule has 18 nitrogen and oxygen atoms in total. The van der Waals surface area contributed by atoms with Crippen LogP contribution in [0.5, 0.6) is 0 Å². The first-order chi connectivity index (χ1) is 30.3. The molecule has 0 bridgehead atoms. The molecule has 2 saturated heterocycles. The van der Waals surface area contributed by atoms with Gasteiger partial charge in [0.1, 0.15) is 19.8 Å². The highest BCUT2D eigenvalue weighted by molar-refractivity contribution is 5.68. The molecule has 3 N–H and O–H groups in total. The van der Waals surface area contributed by atoms with Gasteiger partial charge in [0.25, 0.3) is 0 Å². The van der Waals surface area contributed by atoms with Crippen molar-refractivity contribution in [2.24, 2.45) is 32.5 Å². The fourth-order valence-corrected chi connectivity index (χ4v) is 12.8. The maximum atomic E-state index is 15.0. The summed E-state index contributed by atoms with van der Waals surface area (Å²) in [6.07, 6.45) is 4.00. The smallest absolute Gasteiger partial charge is 0.407 e. The summed E-state index contributed by atoms with van der Waals surface area (Å²) < 4.78 is 25.2. The average molecular weight is 917 g/mol. The third-order valence-corrected chi connectivity index (χ3v) is 14.2. The van der Waals surface area contributed by atoms with Crippen molar-refractivity contribution >= 4 is 18.3 Å². The lowest BCUT2D eigenvalue weighted by Crippen LogP contribution is -2.60. The van der Waals surface area contributed by atoms with Crippen LogP contribution in [-0.4, -0.2) is 133 Å². The molecular formula is C47H80N8O10. The summed E-state index contributed by atoms with van der Waals surface area (Å²) in [5.74, 6) is 0. The molecule has 6 rings (SSSR count). The Morgan fingerprint density at radius 1 is 0.477 bits per heavy atom. The number of methoxy groups -OCH3 is 1. The Labute approximate surface area is 384 Å². The zero-order valence-corrected chi connectivity index (χ0v) is 41.1. The molecular weight excluding hydrogens is 837 g/mol. The van der Waals surface area contributed by atoms with Crippen LogP contribution in [0.2, 0.25) is 0 Å². The highest BCUT2D eigenvalue weighted by Gasteiger charge is 2.47. The van der Waals surface area contributed by atoms with Crippen molar-refractivity contribution in [3.63, 3.8) is 0 Å². The van der Waals surface area contributed by atoms with Crippen LogP contribution in [0.1, 0.15) is 120 Å². The van der Waals surface area contributed by atoms with Crippen molar-refractivity contribution in [2.75, 3.05) is 72.8 Å². The van der Waals surface area contributed by atoms with Gasteiger partial charge in [-0.05, 0) is 90.3 Å². The number of hydrogen-bond acceptors (Lipinski definition) is 12. The second-order valence-electron chi connectivity index (χ2n) is 23.9. The van der Waals surface area contributed by atoms with E-state index in [4.69, 9.17) is 18.9 Å². The molecule has 3 saturated carbocycles. The molecule has 3 aliphatic carbocycles. The predicted octanol–water partition coefficient (Wildman–Crippen LogP) is 4.38. The van der Waals surface area contributed by atoms with Gasteiger partial charge in [-0.3, -0.25) is 9.80 Å². The quantitative estimate of drug-likeness (QED) is 0.107. The van der Waals surface area contributed by atoms with Crippen LogP contribution in [0.4, 0.5) is 14.4 Å². The monoisotopic (exact) mass is 917 g/mol. The van der Waals surface area contributed by atoms with Crippen molar-refractivity contribution in [1.29, 1.82) is 0 Å². The van der Waals surface area contributed by atoms with Gasteiger partial charge < -0.3 is 34.9 Å². The average Bonchev–Trinajstić information content (AvgIpc) is 4.09. The number of hydrogen-bond donors (Lipinski definition) is 3. The van der Waals surface area contributed by atoms with E-state index in [9.17, 15) is 24.0 Å². The number of nitrogens with one attached hydrogen (secondary N) is 3. The van der Waals surface area contributed by atoms with Crippen molar-refractivity contribution in [2.45, 2.75) is 158 Å². The minimum atomic E-state index is -0.674. The van der Waals surface area contributed by atoms with Gasteiger partial charge in [-0.15, -0.1) is 0 Å². The van der Waals surface area contributed by atoms with Crippen molar-refractivity contribution < 1.29 is 33.3 Å². The molecule has 0 spiro atoms. The number of carbonyl (C=O) groups is 3. The van der Waals surface area contributed by atoms with Gasteiger partial charge in [0.15, 0.2) is 0 Å². The first-order valence-corrected chi connectivity index (χ1v) is 24.0. The van der Waals surface area contributed by atoms with Gasteiger partial charge >= 0.3 is 35.3 Å². The lowest BCUT2D eigenvalue weighted by atomic mass is 9.62. The Bertz CT molecular complexity index is 1950. The Morgan fingerprint density at radius 3 is 1.05 bits per heavy atom. The maximum absolute atomic E-state index is 15.0. The van der Waals surface area contributed by atoms with Crippen LogP contribution < -0.4 is 33.0 Å². The molecule has 1 aromatic heterocycles. The van der Waals surface area contributed by atoms with Gasteiger partial charge in [0, 0.05) is 84.1 Å². The second-order valence-corrected chi connectivity index (χ2v) is 23.9. The topological polar surface area (TPSA) is 196 Å². The van der Waals surface area contributed by atoms with Crippen LogP contribution in [0.25, 0.3) is 0 Å². The summed E-state index contributed by atoms with van der Waals surface area (Å²) in [6, 6.07) is -0.818. The van der Waals surface area contributed by atoms with Crippen molar-refractivity contribution in [1.82, 2.24) is 39.5 Å². The Hall–Kier alpha value is -3.90. The molecule has 5 unspecified atom stereocenters. The van der Waals surface area contributed by atoms with Crippen LogP contribution in [0, 0.1) is 32.5 Å². The van der Waals surface area contributed by atoms with E-state index in [1.807, 2.05) is 6.92 Å². The molecule has 18 heteroatoms. The zero-order chi connectivity index (χ0) is 47.6. The van der Waals surface area contributed by atoms with Gasteiger partial charge in [-0.1, -0.05) is 62.3 Å². The minimum Gasteiger partial charge on any atom is -0.448 e. The Morgan fingerprint density at radius 2 is 0.769 bits per heavy atom. The predicted molar refractivity (Wildman–Crippen MR) is 246 cm³/mol. The summed E-state index contributed by atoms with van der Waals surface area (Å²) in [6.45, 7) is 25.4. The molecule has 0 radical (unpaired) electrons. The molecule has 368 valence electrons. The number of carbonyl (C=O) groups excluding carboxylic acids is 3. The molecule has 3 amide bonds. The molecule has 2 aliphatic heterocycles. The van der Waals surface area contributed by atoms with E-state index in [0.717, 1.165) is 26.2 Å². The summed E-state index contributed by atoms with van der Waals surface area (Å²) in [7, 11) is 1.54. The molecule has 65 heavy (non-hydrogen) atoms. The Balaban J connectivity index is 1.32. The molecule has 1 aromatic rings. The number of alkyl carbamates (subject to hydrolysis) is 3. The number of nitrogens with zero attached hydrogens (tertiary/aromatic N) is 5. The maximum Gasteiger partial charge on any atom is 0.407 e. The standard InChI is InChI=1S/C47H80N8O10/c1-42(2)21-33(48-36(56)63-17-15-51-11-12-51)24-45(7,27-42)30-53-39(59)54(31-46(8)25-34(22-43(3,4)28-46)49-37(57)64-18-16-52-13-14-52)41(61)55(40(53)60)32-47(9)26-35(23-44(5,6)29-47)50-38(58)65-20-19-62-10/h33-35H,11-32H2,1-10H3,(H,48,56)(H,49,57)(H,50,58)/t33?,34?,35-,45?,46?,47?/m1/s1. The van der Waals surface area contributed by atoms with Gasteiger partial charge in [-0.25, -0.2) is 42.5 Å². The highest BCUT2D eigenvalue weighted by Crippen LogP contribution is 2.49. The zero-order valence-electron chi connectivity index (χ0n) is 41.1. The molecule has 5 aliphatic rings. The van der Waals surface area contributed by atoms with Crippen molar-refractivity contribution in [3.8, 4) is 0 Å². The Kier molecular flexibility index (Phi) is 15.3. The third-order valence-electron chi connectivity index (χ3n) is 14.2. The molecule has 6 atom stereocenters. The van der Waals surface area contributed by atoms with E-state index < -0.39 is 51.6 Å². The van der Waals surface area contributed by atoms with E-state index in [1.54, 1.807) is 0 Å². The summed E-state index contributed by atoms with van der Waals surface area (Å²) in [5, 5.41) is 9.18. The van der Waals surface area contributed by atoms with E-state index in [1.165, 1.54) is 20.8 Å². The van der Waals surface area contributed by atoms with E-state index in [-0.39, 0.29) is 67.2 Å². The summed E-state index contributed by atoms with van der Waals surface area (Å²) >= 11 is 0. The number of aromatic nitrogens is 3. The lowest BCUT2D eigenvalue weighted by molar-refractivity contribution is 0.0389. The fraction of sp³-hybridized carbons (Fsp3) is 0.872. The largest absolute Gasteiger partial charge is 0.448 e. The molecule has 3 heterocycles. The van der Waals surface area contributed by atoms with Crippen LogP contribution in [0.15, 0.2) is 14.4 Å². The number of amides is 3. The van der Waals surface area contributed by atoms with Crippen LogP contribution >= 0.6 is 0 Å². The van der Waals surface area contributed by atoms with Crippen LogP contribution in [-0.2, 0) is 38.6 Å². The third kappa shape index (κ3) is 14.5. The second kappa shape index (κ2) is 19.7. The highest BCUT2D eigenvalue weighted by atomic mass is 16.6. The minimum absolute atomic E-state index is 0.0244. The SMILES string of the molecule is COCCOC(=O)N[C@@H]1CC(C)(C)CC(C)(Cn2c(=O)n(CC3(C)CC(NC(=O)OCCN4CC4)CC(C)(C)C3)c(=O)n(CC3(C)CC(NC(=O)OCCN4CC4)CC(C)(C)C3)c2=O)C1. The first-order valence-electron chi connectivity index (χ1n) is 24.0.